The predicted octanol–water partition coefficient (Wildman–Crippen LogP) is 2.73. The van der Waals surface area contributed by atoms with E-state index in [1.807, 2.05) is 0 Å². The minimum atomic E-state index is 0.546. The van der Waals surface area contributed by atoms with Gasteiger partial charge in [0.1, 0.15) is 5.76 Å². The Balaban J connectivity index is 1.73. The molecule has 0 aliphatic heterocycles. The lowest BCUT2D eigenvalue weighted by Crippen LogP contribution is -2.35. The summed E-state index contributed by atoms with van der Waals surface area (Å²) in [6.45, 7) is 5.53. The predicted molar refractivity (Wildman–Crippen MR) is 59.4 cm³/mol. The molecule has 1 aliphatic rings. The van der Waals surface area contributed by atoms with Gasteiger partial charge >= 0.3 is 0 Å². The van der Waals surface area contributed by atoms with Crippen molar-refractivity contribution < 1.29 is 4.42 Å². The van der Waals surface area contributed by atoms with E-state index in [2.05, 4.69) is 24.1 Å². The molecule has 0 bridgehead atoms. The summed E-state index contributed by atoms with van der Waals surface area (Å²) < 4.78 is 5.19. The van der Waals surface area contributed by atoms with Crippen molar-refractivity contribution >= 4 is 0 Å². The van der Waals surface area contributed by atoms with Crippen molar-refractivity contribution in [2.45, 2.75) is 52.1 Å². The zero-order valence-electron chi connectivity index (χ0n) is 9.62. The summed E-state index contributed by atoms with van der Waals surface area (Å²) in [6.07, 6.45) is 8.46. The molecule has 1 aromatic heterocycles. The molecule has 0 atom stereocenters. The van der Waals surface area contributed by atoms with Crippen molar-refractivity contribution in [3.05, 3.63) is 18.4 Å². The molecule has 0 radical (unpaired) electrons. The minimum absolute atomic E-state index is 0.546. The van der Waals surface area contributed by atoms with Gasteiger partial charge in [-0.25, -0.2) is 4.98 Å². The van der Waals surface area contributed by atoms with Gasteiger partial charge in [-0.2, -0.15) is 0 Å². The number of rotatable bonds is 3. The van der Waals surface area contributed by atoms with Crippen LogP contribution >= 0.6 is 0 Å². The number of oxazole rings is 1. The lowest BCUT2D eigenvalue weighted by Gasteiger charge is -2.34. The summed E-state index contributed by atoms with van der Waals surface area (Å²) >= 11 is 0. The zero-order chi connectivity index (χ0) is 10.7. The third-order valence-corrected chi connectivity index (χ3v) is 3.39. The second-order valence-electron chi connectivity index (χ2n) is 5.29. The first-order valence-corrected chi connectivity index (χ1v) is 5.76. The van der Waals surface area contributed by atoms with E-state index in [1.54, 1.807) is 6.20 Å². The van der Waals surface area contributed by atoms with Gasteiger partial charge < -0.3 is 9.73 Å². The Labute approximate surface area is 91.3 Å². The van der Waals surface area contributed by atoms with Gasteiger partial charge in [0.05, 0.1) is 12.7 Å². The highest BCUT2D eigenvalue weighted by Gasteiger charge is 2.26. The molecule has 1 aromatic rings. The van der Waals surface area contributed by atoms with Crippen LogP contribution in [0.1, 0.15) is 45.3 Å². The third kappa shape index (κ3) is 3.06. The Morgan fingerprint density at radius 2 is 2.20 bits per heavy atom. The molecule has 3 heteroatoms. The summed E-state index contributed by atoms with van der Waals surface area (Å²) in [4.78, 5) is 3.90. The average molecular weight is 208 g/mol. The van der Waals surface area contributed by atoms with Crippen LogP contribution in [0.15, 0.2) is 17.0 Å². The Morgan fingerprint density at radius 3 is 2.80 bits per heavy atom. The van der Waals surface area contributed by atoms with Crippen LogP contribution in [0.5, 0.6) is 0 Å². The topological polar surface area (TPSA) is 38.1 Å². The second-order valence-corrected chi connectivity index (χ2v) is 5.29. The van der Waals surface area contributed by atoms with Crippen LogP contribution in [0.3, 0.4) is 0 Å². The van der Waals surface area contributed by atoms with E-state index in [9.17, 15) is 0 Å². The number of hydrogen-bond acceptors (Lipinski definition) is 3. The fourth-order valence-corrected chi connectivity index (χ4v) is 2.18. The molecule has 1 N–H and O–H groups in total. The van der Waals surface area contributed by atoms with E-state index in [0.29, 0.717) is 11.5 Å². The maximum Gasteiger partial charge on any atom is 0.180 e. The first kappa shape index (κ1) is 10.7. The molecule has 2 rings (SSSR count). The van der Waals surface area contributed by atoms with Crippen LogP contribution in [0.25, 0.3) is 0 Å². The van der Waals surface area contributed by atoms with E-state index in [0.717, 1.165) is 12.3 Å². The Bertz CT molecular complexity index is 283. The van der Waals surface area contributed by atoms with Crippen molar-refractivity contribution in [1.82, 2.24) is 10.3 Å². The number of nitrogens with zero attached hydrogens (tertiary/aromatic N) is 1. The van der Waals surface area contributed by atoms with Gasteiger partial charge in [0, 0.05) is 6.04 Å². The highest BCUT2D eigenvalue weighted by atomic mass is 16.3. The molecule has 0 aromatic carbocycles. The first-order chi connectivity index (χ1) is 7.16. The molecule has 0 spiro atoms. The standard InChI is InChI=1S/C12H20N2O/c1-12(2)5-3-10(4-6-12)14-8-11-7-13-9-15-11/h7,9-10,14H,3-6,8H2,1-2H3. The fraction of sp³-hybridized carbons (Fsp3) is 0.750. The molecule has 1 aliphatic carbocycles. The summed E-state index contributed by atoms with van der Waals surface area (Å²) in [7, 11) is 0. The van der Waals surface area contributed by atoms with Gasteiger partial charge in [-0.05, 0) is 31.1 Å². The van der Waals surface area contributed by atoms with Gasteiger partial charge in [-0.3, -0.25) is 0 Å². The largest absolute Gasteiger partial charge is 0.447 e. The van der Waals surface area contributed by atoms with Crippen molar-refractivity contribution in [3.8, 4) is 0 Å². The number of hydrogen-bond donors (Lipinski definition) is 1. The van der Waals surface area contributed by atoms with Gasteiger partial charge in [0.2, 0.25) is 0 Å². The zero-order valence-corrected chi connectivity index (χ0v) is 9.62. The normalized spacial score (nSPS) is 21.7. The lowest BCUT2D eigenvalue weighted by molar-refractivity contribution is 0.204. The molecule has 1 heterocycles. The molecule has 3 nitrogen and oxygen atoms in total. The van der Waals surface area contributed by atoms with Crippen molar-refractivity contribution in [2.24, 2.45) is 5.41 Å². The van der Waals surface area contributed by atoms with E-state index < -0.39 is 0 Å². The molecular formula is C12H20N2O. The molecule has 15 heavy (non-hydrogen) atoms. The average Bonchev–Trinajstić information content (AvgIpc) is 2.69. The molecule has 0 saturated heterocycles. The fourth-order valence-electron chi connectivity index (χ4n) is 2.18. The van der Waals surface area contributed by atoms with Crippen molar-refractivity contribution in [3.63, 3.8) is 0 Å². The minimum Gasteiger partial charge on any atom is -0.447 e. The maximum atomic E-state index is 5.19. The first-order valence-electron chi connectivity index (χ1n) is 5.76. The van der Waals surface area contributed by atoms with E-state index in [1.165, 1.54) is 32.1 Å². The van der Waals surface area contributed by atoms with Crippen molar-refractivity contribution in [2.75, 3.05) is 0 Å². The number of nitrogens with one attached hydrogen (secondary N) is 1. The van der Waals surface area contributed by atoms with Crippen molar-refractivity contribution in [1.29, 1.82) is 0 Å². The Hall–Kier alpha value is -0.830. The highest BCUT2D eigenvalue weighted by molar-refractivity contribution is 4.89. The van der Waals surface area contributed by atoms with Crippen LogP contribution in [-0.2, 0) is 6.54 Å². The summed E-state index contributed by atoms with van der Waals surface area (Å²) in [5.41, 5.74) is 0.546. The molecular weight excluding hydrogens is 188 g/mol. The molecule has 1 saturated carbocycles. The summed E-state index contributed by atoms with van der Waals surface area (Å²) in [5.74, 6) is 0.930. The molecule has 84 valence electrons. The Morgan fingerprint density at radius 1 is 1.47 bits per heavy atom. The Kier molecular flexibility index (Phi) is 3.10. The van der Waals surface area contributed by atoms with Gasteiger partial charge in [0.25, 0.3) is 0 Å². The monoisotopic (exact) mass is 208 g/mol. The van der Waals surface area contributed by atoms with E-state index in [4.69, 9.17) is 4.42 Å². The van der Waals surface area contributed by atoms with Crippen LogP contribution in [0.2, 0.25) is 0 Å². The molecule has 0 amide bonds. The third-order valence-electron chi connectivity index (χ3n) is 3.39. The smallest absolute Gasteiger partial charge is 0.180 e. The number of aromatic nitrogens is 1. The van der Waals surface area contributed by atoms with Gasteiger partial charge in [0.15, 0.2) is 6.39 Å². The van der Waals surface area contributed by atoms with E-state index >= 15 is 0 Å². The molecule has 1 fully saturated rings. The quantitative estimate of drug-likeness (QED) is 0.830. The maximum absolute atomic E-state index is 5.19. The summed E-state index contributed by atoms with van der Waals surface area (Å²) in [5, 5.41) is 3.53. The van der Waals surface area contributed by atoms with Crippen LogP contribution in [0.4, 0.5) is 0 Å². The van der Waals surface area contributed by atoms with E-state index in [-0.39, 0.29) is 0 Å². The SMILES string of the molecule is CC1(C)CCC(NCc2cnco2)CC1. The van der Waals surface area contributed by atoms with Crippen LogP contribution in [0, 0.1) is 5.41 Å². The van der Waals surface area contributed by atoms with Gasteiger partial charge in [-0.15, -0.1) is 0 Å². The summed E-state index contributed by atoms with van der Waals surface area (Å²) in [6, 6.07) is 0.656. The second kappa shape index (κ2) is 4.35. The van der Waals surface area contributed by atoms with Gasteiger partial charge in [-0.1, -0.05) is 13.8 Å². The highest BCUT2D eigenvalue weighted by Crippen LogP contribution is 2.34. The molecule has 0 unspecified atom stereocenters. The van der Waals surface area contributed by atoms with Crippen LogP contribution in [-0.4, -0.2) is 11.0 Å². The lowest BCUT2D eigenvalue weighted by atomic mass is 9.75. The van der Waals surface area contributed by atoms with Crippen LogP contribution < -0.4 is 5.32 Å².